The molecule has 2 heterocycles. The molecule has 2 aromatic heterocycles. The summed E-state index contributed by atoms with van der Waals surface area (Å²) in [6.45, 7) is 3.83. The molecule has 1 amide bonds. The zero-order valence-corrected chi connectivity index (χ0v) is 17.0. The lowest BCUT2D eigenvalue weighted by Crippen LogP contribution is -2.14. The maximum Gasteiger partial charge on any atom is 0.255 e. The quantitative estimate of drug-likeness (QED) is 0.475. The summed E-state index contributed by atoms with van der Waals surface area (Å²) in [6.07, 6.45) is 0. The fourth-order valence-corrected chi connectivity index (χ4v) is 3.81. The van der Waals surface area contributed by atoms with Gasteiger partial charge in [-0.05, 0) is 43.7 Å². The number of nitrogens with one attached hydrogen (secondary N) is 1. The average molecular weight is 425 g/mol. The molecule has 152 valence electrons. The van der Waals surface area contributed by atoms with E-state index in [1.807, 2.05) is 32.0 Å². The minimum atomic E-state index is -1.02. The van der Waals surface area contributed by atoms with Gasteiger partial charge >= 0.3 is 0 Å². The Bertz CT molecular complexity index is 1260. The Balaban J connectivity index is 1.52. The van der Waals surface area contributed by atoms with Gasteiger partial charge in [-0.25, -0.2) is 18.3 Å². The largest absolute Gasteiger partial charge is 0.322 e. The minimum absolute atomic E-state index is 0.181. The third kappa shape index (κ3) is 4.16. The first kappa shape index (κ1) is 20.0. The third-order valence-corrected chi connectivity index (χ3v) is 5.28. The van der Waals surface area contributed by atoms with Gasteiger partial charge in [0.2, 0.25) is 5.16 Å². The number of anilines is 1. The van der Waals surface area contributed by atoms with E-state index in [9.17, 15) is 13.6 Å². The Morgan fingerprint density at radius 1 is 1.07 bits per heavy atom. The van der Waals surface area contributed by atoms with Gasteiger partial charge in [0.05, 0.1) is 0 Å². The highest BCUT2D eigenvalue weighted by Gasteiger charge is 2.14. The highest BCUT2D eigenvalue weighted by molar-refractivity contribution is 7.98. The molecule has 0 fully saturated rings. The highest BCUT2D eigenvalue weighted by atomic mass is 32.2. The normalized spacial score (nSPS) is 11.1. The van der Waals surface area contributed by atoms with Gasteiger partial charge in [0.15, 0.2) is 11.6 Å². The molecule has 1 N–H and O–H groups in total. The number of benzene rings is 2. The van der Waals surface area contributed by atoms with Crippen LogP contribution in [0.4, 0.5) is 14.5 Å². The van der Waals surface area contributed by atoms with E-state index < -0.39 is 17.5 Å². The molecule has 0 saturated carbocycles. The van der Waals surface area contributed by atoms with Crippen molar-refractivity contribution >= 4 is 29.1 Å². The van der Waals surface area contributed by atoms with Gasteiger partial charge in [0.25, 0.3) is 11.7 Å². The standard InChI is InChI=1S/C21H17F2N5OS/c1-12-9-13(2)28-20(24-12)26-21(27-28)30-11-14-5-3-4-6-16(14)19(29)25-15-7-8-17(22)18(23)10-15/h3-10H,11H2,1-2H3,(H,25,29). The fraction of sp³-hybridized carbons (Fsp3) is 0.143. The lowest BCUT2D eigenvalue weighted by Gasteiger charge is -2.10. The average Bonchev–Trinajstić information content (AvgIpc) is 3.12. The number of rotatable bonds is 5. The van der Waals surface area contributed by atoms with Crippen molar-refractivity contribution in [2.45, 2.75) is 24.8 Å². The Kier molecular flexibility index (Phi) is 5.45. The molecule has 0 aliphatic carbocycles. The van der Waals surface area contributed by atoms with Crippen LogP contribution >= 0.6 is 11.8 Å². The van der Waals surface area contributed by atoms with Crippen LogP contribution in [-0.4, -0.2) is 25.5 Å². The summed E-state index contributed by atoms with van der Waals surface area (Å²) < 4.78 is 28.2. The van der Waals surface area contributed by atoms with Crippen LogP contribution in [0.5, 0.6) is 0 Å². The maximum absolute atomic E-state index is 13.4. The Labute approximate surface area is 175 Å². The van der Waals surface area contributed by atoms with Gasteiger partial charge in [-0.1, -0.05) is 30.0 Å². The smallest absolute Gasteiger partial charge is 0.255 e. The van der Waals surface area contributed by atoms with E-state index in [0.29, 0.717) is 22.3 Å². The van der Waals surface area contributed by atoms with Crippen molar-refractivity contribution in [3.63, 3.8) is 0 Å². The lowest BCUT2D eigenvalue weighted by atomic mass is 10.1. The van der Waals surface area contributed by atoms with Gasteiger partial charge < -0.3 is 5.32 Å². The van der Waals surface area contributed by atoms with Gasteiger partial charge in [-0.15, -0.1) is 5.10 Å². The Hall–Kier alpha value is -3.33. The molecule has 0 unspecified atom stereocenters. The molecule has 0 spiro atoms. The van der Waals surface area contributed by atoms with Crippen LogP contribution in [0.1, 0.15) is 27.3 Å². The van der Waals surface area contributed by atoms with Crippen molar-refractivity contribution < 1.29 is 13.6 Å². The molecular weight excluding hydrogens is 408 g/mol. The van der Waals surface area contributed by atoms with Crippen LogP contribution in [-0.2, 0) is 5.75 Å². The number of fused-ring (bicyclic) bond motifs is 1. The van der Waals surface area contributed by atoms with Gasteiger partial charge in [-0.2, -0.15) is 4.98 Å². The number of hydrogen-bond donors (Lipinski definition) is 1. The topological polar surface area (TPSA) is 72.2 Å². The Morgan fingerprint density at radius 2 is 1.87 bits per heavy atom. The molecule has 4 aromatic rings. The molecule has 0 aliphatic heterocycles. The molecule has 6 nitrogen and oxygen atoms in total. The minimum Gasteiger partial charge on any atom is -0.322 e. The van der Waals surface area contributed by atoms with Crippen molar-refractivity contribution in [2.75, 3.05) is 5.32 Å². The van der Waals surface area contributed by atoms with E-state index in [-0.39, 0.29) is 5.69 Å². The van der Waals surface area contributed by atoms with E-state index in [4.69, 9.17) is 0 Å². The van der Waals surface area contributed by atoms with E-state index >= 15 is 0 Å². The SMILES string of the molecule is Cc1cc(C)n2nc(SCc3ccccc3C(=O)Nc3ccc(F)c(F)c3)nc2n1. The molecule has 9 heteroatoms. The maximum atomic E-state index is 13.4. The predicted octanol–water partition coefficient (Wildman–Crippen LogP) is 4.56. The van der Waals surface area contributed by atoms with E-state index in [0.717, 1.165) is 29.1 Å². The second-order valence-corrected chi connectivity index (χ2v) is 7.62. The first-order valence-corrected chi connectivity index (χ1v) is 10.1. The summed E-state index contributed by atoms with van der Waals surface area (Å²) in [5.74, 6) is -1.41. The first-order valence-electron chi connectivity index (χ1n) is 9.09. The zero-order valence-electron chi connectivity index (χ0n) is 16.2. The summed E-state index contributed by atoms with van der Waals surface area (Å²) in [5, 5.41) is 7.60. The lowest BCUT2D eigenvalue weighted by molar-refractivity contribution is 0.102. The number of aryl methyl sites for hydroxylation is 2. The summed E-state index contributed by atoms with van der Waals surface area (Å²) in [5.41, 5.74) is 3.18. The van der Waals surface area contributed by atoms with E-state index in [2.05, 4.69) is 20.4 Å². The van der Waals surface area contributed by atoms with Crippen molar-refractivity contribution in [1.29, 1.82) is 0 Å². The number of halogens is 2. The fourth-order valence-electron chi connectivity index (χ4n) is 2.99. The van der Waals surface area contributed by atoms with Crippen LogP contribution in [0.3, 0.4) is 0 Å². The first-order chi connectivity index (χ1) is 14.4. The molecule has 0 aliphatic rings. The molecule has 2 aromatic carbocycles. The highest BCUT2D eigenvalue weighted by Crippen LogP contribution is 2.24. The van der Waals surface area contributed by atoms with Gasteiger partial charge in [-0.3, -0.25) is 4.79 Å². The molecule has 30 heavy (non-hydrogen) atoms. The third-order valence-electron chi connectivity index (χ3n) is 4.40. The number of carbonyl (C=O) groups excluding carboxylic acids is 1. The number of amides is 1. The number of carbonyl (C=O) groups is 1. The van der Waals surface area contributed by atoms with Crippen LogP contribution < -0.4 is 5.32 Å². The van der Waals surface area contributed by atoms with Gasteiger partial charge in [0, 0.05) is 34.5 Å². The number of nitrogens with zero attached hydrogens (tertiary/aromatic N) is 4. The van der Waals surface area contributed by atoms with Crippen LogP contribution in [0.2, 0.25) is 0 Å². The summed E-state index contributed by atoms with van der Waals surface area (Å²) in [7, 11) is 0. The van der Waals surface area contributed by atoms with Crippen LogP contribution in [0, 0.1) is 25.5 Å². The molecule has 0 saturated heterocycles. The molecule has 0 bridgehead atoms. The molecule has 0 atom stereocenters. The van der Waals surface area contributed by atoms with Crippen molar-refractivity contribution in [2.24, 2.45) is 0 Å². The second kappa shape index (κ2) is 8.19. The zero-order chi connectivity index (χ0) is 21.3. The van der Waals surface area contributed by atoms with E-state index in [1.54, 1.807) is 16.6 Å². The monoisotopic (exact) mass is 425 g/mol. The second-order valence-electron chi connectivity index (χ2n) is 6.67. The Morgan fingerprint density at radius 3 is 2.67 bits per heavy atom. The molecular formula is C21H17F2N5OS. The summed E-state index contributed by atoms with van der Waals surface area (Å²) in [6, 6.07) is 12.2. The van der Waals surface area contributed by atoms with Crippen molar-refractivity contribution in [1.82, 2.24) is 19.6 Å². The van der Waals surface area contributed by atoms with E-state index in [1.165, 1.54) is 17.8 Å². The van der Waals surface area contributed by atoms with Crippen molar-refractivity contribution in [3.8, 4) is 0 Å². The van der Waals surface area contributed by atoms with Crippen LogP contribution in [0.15, 0.2) is 53.7 Å². The number of thioether (sulfide) groups is 1. The number of hydrogen-bond acceptors (Lipinski definition) is 5. The number of aromatic nitrogens is 4. The van der Waals surface area contributed by atoms with Crippen molar-refractivity contribution in [3.05, 3.63) is 82.7 Å². The van der Waals surface area contributed by atoms with Gasteiger partial charge in [0.1, 0.15) is 0 Å². The summed E-state index contributed by atoms with van der Waals surface area (Å²) in [4.78, 5) is 21.5. The predicted molar refractivity (Wildman–Crippen MR) is 111 cm³/mol. The molecule has 4 rings (SSSR count). The summed E-state index contributed by atoms with van der Waals surface area (Å²) >= 11 is 1.38. The van der Waals surface area contributed by atoms with Crippen LogP contribution in [0.25, 0.3) is 5.78 Å². The molecule has 0 radical (unpaired) electrons.